The molecule has 28 heavy (non-hydrogen) atoms. The number of methoxy groups -OCH3 is 2. The first-order valence-electron chi connectivity index (χ1n) is 9.77. The molecular formula is C22H27NO5. The van der Waals surface area contributed by atoms with Crippen LogP contribution in [0.15, 0.2) is 34.5 Å². The van der Waals surface area contributed by atoms with Crippen LogP contribution in [0.25, 0.3) is 0 Å². The maximum absolute atomic E-state index is 12.9. The molecule has 3 rings (SSSR count). The lowest BCUT2D eigenvalue weighted by Crippen LogP contribution is -2.38. The van der Waals surface area contributed by atoms with Crippen molar-refractivity contribution in [3.63, 3.8) is 0 Å². The van der Waals surface area contributed by atoms with Crippen LogP contribution in [0.4, 0.5) is 0 Å². The van der Waals surface area contributed by atoms with Crippen LogP contribution in [0, 0.1) is 5.92 Å². The lowest BCUT2D eigenvalue weighted by atomic mass is 9.71. The Morgan fingerprint density at radius 1 is 1.14 bits per heavy atom. The van der Waals surface area contributed by atoms with E-state index in [9.17, 15) is 9.59 Å². The predicted octanol–water partition coefficient (Wildman–Crippen LogP) is 3.84. The Morgan fingerprint density at radius 2 is 1.89 bits per heavy atom. The minimum absolute atomic E-state index is 0.0641. The second kappa shape index (κ2) is 8.59. The molecule has 0 aromatic heterocycles. The Balaban J connectivity index is 2.19. The van der Waals surface area contributed by atoms with Crippen molar-refractivity contribution in [2.75, 3.05) is 20.8 Å². The summed E-state index contributed by atoms with van der Waals surface area (Å²) in [5.41, 5.74) is 3.06. The second-order valence-corrected chi connectivity index (χ2v) is 6.92. The lowest BCUT2D eigenvalue weighted by molar-refractivity contribution is -0.146. The third kappa shape index (κ3) is 3.55. The van der Waals surface area contributed by atoms with Gasteiger partial charge in [-0.15, -0.1) is 0 Å². The fourth-order valence-corrected chi connectivity index (χ4v) is 4.13. The summed E-state index contributed by atoms with van der Waals surface area (Å²) in [6, 6.07) is 5.55. The number of benzene rings is 1. The van der Waals surface area contributed by atoms with E-state index in [1.54, 1.807) is 27.2 Å². The fraction of sp³-hybridized carbons (Fsp3) is 0.500. The van der Waals surface area contributed by atoms with Crippen LogP contribution >= 0.6 is 0 Å². The number of carbonyl (C=O) groups is 2. The van der Waals surface area contributed by atoms with Crippen molar-refractivity contribution >= 4 is 17.5 Å². The molecule has 0 N–H and O–H groups in total. The first kappa shape index (κ1) is 20.1. The number of aliphatic imine (C=N–C) groups is 1. The Labute approximate surface area is 165 Å². The molecule has 1 aromatic rings. The monoisotopic (exact) mass is 385 g/mol. The van der Waals surface area contributed by atoms with Gasteiger partial charge < -0.3 is 14.2 Å². The van der Waals surface area contributed by atoms with Gasteiger partial charge in [0.2, 0.25) is 0 Å². The van der Waals surface area contributed by atoms with Crippen molar-refractivity contribution < 1.29 is 23.8 Å². The van der Waals surface area contributed by atoms with Gasteiger partial charge in [0.05, 0.1) is 20.8 Å². The summed E-state index contributed by atoms with van der Waals surface area (Å²) in [5, 5.41) is 0. The predicted molar refractivity (Wildman–Crippen MR) is 106 cm³/mol. The van der Waals surface area contributed by atoms with Gasteiger partial charge in [0.25, 0.3) is 0 Å². The van der Waals surface area contributed by atoms with E-state index in [1.807, 2.05) is 19.1 Å². The van der Waals surface area contributed by atoms with Crippen LogP contribution in [0.5, 0.6) is 11.5 Å². The number of hydrogen-bond acceptors (Lipinski definition) is 6. The van der Waals surface area contributed by atoms with Gasteiger partial charge in [-0.25, -0.2) is 0 Å². The highest BCUT2D eigenvalue weighted by Crippen LogP contribution is 2.45. The van der Waals surface area contributed by atoms with Gasteiger partial charge >= 0.3 is 5.97 Å². The van der Waals surface area contributed by atoms with E-state index >= 15 is 0 Å². The summed E-state index contributed by atoms with van der Waals surface area (Å²) in [5.74, 6) is -0.142. The number of esters is 1. The molecule has 0 saturated carbocycles. The van der Waals surface area contributed by atoms with Gasteiger partial charge in [-0.05, 0) is 43.9 Å². The highest BCUT2D eigenvalue weighted by atomic mass is 16.5. The summed E-state index contributed by atoms with van der Waals surface area (Å²) in [7, 11) is 3.15. The third-order valence-electron chi connectivity index (χ3n) is 5.38. The van der Waals surface area contributed by atoms with Crippen LogP contribution in [0.2, 0.25) is 0 Å². The third-order valence-corrected chi connectivity index (χ3v) is 5.38. The smallest absolute Gasteiger partial charge is 0.315 e. The summed E-state index contributed by atoms with van der Waals surface area (Å²) in [4.78, 5) is 30.5. The SMILES string of the molecule is CCOC(=O)C1C(CC)=NC2=C(C(=O)CCC2)[C@H]1c1ccc(OC)c(OC)c1. The van der Waals surface area contributed by atoms with E-state index in [-0.39, 0.29) is 18.4 Å². The molecule has 0 bridgehead atoms. The van der Waals surface area contributed by atoms with Gasteiger partial charge in [-0.3, -0.25) is 14.6 Å². The molecule has 6 heteroatoms. The Hall–Kier alpha value is -2.63. The highest BCUT2D eigenvalue weighted by molar-refractivity contribution is 6.09. The molecule has 2 atom stereocenters. The zero-order valence-corrected chi connectivity index (χ0v) is 16.9. The molecular weight excluding hydrogens is 358 g/mol. The van der Waals surface area contributed by atoms with E-state index in [2.05, 4.69) is 0 Å². The average Bonchev–Trinajstić information content (AvgIpc) is 2.72. The number of Topliss-reactive ketones (excluding diaryl/α,β-unsaturated/α-hetero) is 1. The van der Waals surface area contributed by atoms with Gasteiger partial charge in [0.1, 0.15) is 5.92 Å². The number of hydrogen-bond donors (Lipinski definition) is 0. The number of carbonyl (C=O) groups excluding carboxylic acids is 2. The van der Waals surface area contributed by atoms with Crippen LogP contribution in [0.1, 0.15) is 51.0 Å². The largest absolute Gasteiger partial charge is 0.493 e. The van der Waals surface area contributed by atoms with Crippen LogP contribution in [0.3, 0.4) is 0 Å². The lowest BCUT2D eigenvalue weighted by Gasteiger charge is -2.35. The molecule has 150 valence electrons. The molecule has 1 heterocycles. The minimum atomic E-state index is -0.608. The average molecular weight is 385 g/mol. The zero-order valence-electron chi connectivity index (χ0n) is 16.9. The molecule has 0 amide bonds. The quantitative estimate of drug-likeness (QED) is 0.696. The minimum Gasteiger partial charge on any atom is -0.493 e. The van der Waals surface area contributed by atoms with Crippen molar-refractivity contribution in [3.8, 4) is 11.5 Å². The van der Waals surface area contributed by atoms with Gasteiger partial charge in [-0.2, -0.15) is 0 Å². The molecule has 1 aliphatic carbocycles. The number of nitrogens with zero attached hydrogens (tertiary/aromatic N) is 1. The van der Waals surface area contributed by atoms with Crippen molar-refractivity contribution in [1.29, 1.82) is 0 Å². The molecule has 2 aliphatic rings. The summed E-state index contributed by atoms with van der Waals surface area (Å²) in [6.07, 6.45) is 2.65. The maximum Gasteiger partial charge on any atom is 0.315 e. The van der Waals surface area contributed by atoms with Crippen molar-refractivity contribution in [1.82, 2.24) is 0 Å². The van der Waals surface area contributed by atoms with E-state index in [1.165, 1.54) is 0 Å². The number of ketones is 1. The first-order chi connectivity index (χ1) is 13.5. The van der Waals surface area contributed by atoms with Gasteiger partial charge in [-0.1, -0.05) is 13.0 Å². The molecule has 0 saturated heterocycles. The zero-order chi connectivity index (χ0) is 20.3. The summed E-state index contributed by atoms with van der Waals surface area (Å²) >= 11 is 0. The van der Waals surface area contributed by atoms with Gasteiger partial charge in [0.15, 0.2) is 17.3 Å². The molecule has 0 radical (unpaired) electrons. The number of ether oxygens (including phenoxy) is 3. The maximum atomic E-state index is 12.9. The Bertz CT molecular complexity index is 839. The van der Waals surface area contributed by atoms with Crippen LogP contribution < -0.4 is 9.47 Å². The molecule has 0 spiro atoms. The van der Waals surface area contributed by atoms with Crippen LogP contribution in [-0.4, -0.2) is 38.3 Å². The first-order valence-corrected chi connectivity index (χ1v) is 9.77. The second-order valence-electron chi connectivity index (χ2n) is 6.92. The molecule has 0 fully saturated rings. The molecule has 1 aromatic carbocycles. The standard InChI is InChI=1S/C22H27NO5/c1-5-14-21(22(25)28-6-2)19(20-15(23-14)8-7-9-16(20)24)13-10-11-17(26-3)18(12-13)27-4/h10-12,19,21H,5-9H2,1-4H3/t19-,21?/m1/s1. The molecule has 6 nitrogen and oxygen atoms in total. The van der Waals surface area contributed by atoms with E-state index in [0.717, 1.165) is 29.8 Å². The van der Waals surface area contributed by atoms with E-state index < -0.39 is 11.8 Å². The number of allylic oxidation sites excluding steroid dienone is 2. The molecule has 1 aliphatic heterocycles. The molecule has 1 unspecified atom stereocenters. The van der Waals surface area contributed by atoms with Gasteiger partial charge in [0, 0.05) is 29.3 Å². The Kier molecular flexibility index (Phi) is 6.17. The summed E-state index contributed by atoms with van der Waals surface area (Å²) < 4.78 is 16.2. The van der Waals surface area contributed by atoms with Crippen molar-refractivity contribution in [3.05, 3.63) is 35.0 Å². The normalized spacial score (nSPS) is 21.7. The van der Waals surface area contributed by atoms with E-state index in [0.29, 0.717) is 29.9 Å². The topological polar surface area (TPSA) is 74.2 Å². The van der Waals surface area contributed by atoms with E-state index in [4.69, 9.17) is 19.2 Å². The van der Waals surface area contributed by atoms with Crippen LogP contribution in [-0.2, 0) is 14.3 Å². The van der Waals surface area contributed by atoms with Crippen molar-refractivity contribution in [2.45, 2.75) is 45.4 Å². The number of rotatable bonds is 6. The Morgan fingerprint density at radius 3 is 2.54 bits per heavy atom. The highest BCUT2D eigenvalue weighted by Gasteiger charge is 2.44. The summed E-state index contributed by atoms with van der Waals surface area (Å²) in [6.45, 7) is 4.04. The van der Waals surface area contributed by atoms with Crippen molar-refractivity contribution in [2.24, 2.45) is 10.9 Å². The fourth-order valence-electron chi connectivity index (χ4n) is 4.13.